The van der Waals surface area contributed by atoms with Crippen LogP contribution >= 0.6 is 11.3 Å². The van der Waals surface area contributed by atoms with Gasteiger partial charge in [0.2, 0.25) is 5.91 Å². The number of benzene rings is 1. The summed E-state index contributed by atoms with van der Waals surface area (Å²) < 4.78 is 5.69. The van der Waals surface area contributed by atoms with Crippen molar-refractivity contribution in [2.45, 2.75) is 19.3 Å². The molecule has 0 bridgehead atoms. The number of nitrogens with zero attached hydrogens (tertiary/aromatic N) is 4. The van der Waals surface area contributed by atoms with Crippen LogP contribution in [0, 0.1) is 5.92 Å². The molecule has 200 valence electrons. The number of thiazole rings is 1. The molecule has 1 aromatic carbocycles. The highest BCUT2D eigenvalue weighted by molar-refractivity contribution is 7.17. The third kappa shape index (κ3) is 6.61. The molecule has 1 saturated carbocycles. The Morgan fingerprint density at radius 1 is 1.18 bits per heavy atom. The van der Waals surface area contributed by atoms with Crippen molar-refractivity contribution in [1.82, 2.24) is 25.4 Å². The number of aromatic nitrogens is 3. The second-order valence-corrected chi connectivity index (χ2v) is 10.1. The zero-order valence-electron chi connectivity index (χ0n) is 21.4. The van der Waals surface area contributed by atoms with E-state index < -0.39 is 5.91 Å². The normalized spacial score (nSPS) is 12.7. The number of primary amides is 1. The van der Waals surface area contributed by atoms with Crippen molar-refractivity contribution in [3.63, 3.8) is 0 Å². The SMILES string of the molecule is COc1c(Nc2cc(NC(=O)C3CC3)nnc2C(N)=O)cccc1-c1ncc(C(=O)NCCCN(C)C)s1. The van der Waals surface area contributed by atoms with Gasteiger partial charge >= 0.3 is 0 Å². The third-order valence-corrected chi connectivity index (χ3v) is 6.77. The van der Waals surface area contributed by atoms with Crippen LogP contribution in [0.25, 0.3) is 10.6 Å². The van der Waals surface area contributed by atoms with Gasteiger partial charge in [-0.15, -0.1) is 21.5 Å². The summed E-state index contributed by atoms with van der Waals surface area (Å²) in [6.07, 6.45) is 4.05. The van der Waals surface area contributed by atoms with Gasteiger partial charge in [0.15, 0.2) is 17.3 Å². The highest BCUT2D eigenvalue weighted by Gasteiger charge is 2.30. The van der Waals surface area contributed by atoms with Gasteiger partial charge in [-0.05, 0) is 52.0 Å². The number of nitrogens with one attached hydrogen (secondary N) is 3. The quantitative estimate of drug-likeness (QED) is 0.254. The van der Waals surface area contributed by atoms with Crippen LogP contribution in [0.4, 0.5) is 17.2 Å². The van der Waals surface area contributed by atoms with Crippen molar-refractivity contribution >= 4 is 46.3 Å². The Morgan fingerprint density at radius 2 is 1.97 bits per heavy atom. The maximum Gasteiger partial charge on any atom is 0.271 e. The molecule has 12 nitrogen and oxygen atoms in total. The van der Waals surface area contributed by atoms with Gasteiger partial charge in [0.05, 0.1) is 30.2 Å². The van der Waals surface area contributed by atoms with Gasteiger partial charge in [0.1, 0.15) is 9.88 Å². The number of ether oxygens (including phenoxy) is 1. The molecular weight excluding hydrogens is 508 g/mol. The molecule has 2 aromatic heterocycles. The molecule has 0 unspecified atom stereocenters. The lowest BCUT2D eigenvalue weighted by Gasteiger charge is -2.16. The standard InChI is InChI=1S/C25H30N8O4S/c1-33(2)11-5-10-27-24(36)18-13-28-25(38-18)15-6-4-7-16(21(15)37-3)29-17-12-19(30-23(35)14-8-9-14)31-32-20(17)22(26)34/h4,6-7,12-14H,5,8-11H2,1-3H3,(H2,26,34)(H,27,36)(H2,29,30,31,35). The van der Waals surface area contributed by atoms with Gasteiger partial charge in [-0.3, -0.25) is 14.4 Å². The zero-order valence-corrected chi connectivity index (χ0v) is 22.2. The first-order chi connectivity index (χ1) is 18.3. The maximum atomic E-state index is 12.6. The summed E-state index contributed by atoms with van der Waals surface area (Å²) in [6.45, 7) is 1.45. The minimum absolute atomic E-state index is 0.0240. The lowest BCUT2D eigenvalue weighted by atomic mass is 10.1. The Labute approximate surface area is 224 Å². The fourth-order valence-electron chi connectivity index (χ4n) is 3.66. The average Bonchev–Trinajstić information content (AvgIpc) is 3.63. The van der Waals surface area contributed by atoms with Crippen molar-refractivity contribution in [3.8, 4) is 16.3 Å². The Morgan fingerprint density at radius 3 is 2.66 bits per heavy atom. The van der Waals surface area contributed by atoms with Gasteiger partial charge in [0.25, 0.3) is 11.8 Å². The molecule has 2 heterocycles. The fourth-order valence-corrected chi connectivity index (χ4v) is 4.52. The summed E-state index contributed by atoms with van der Waals surface area (Å²) in [5.41, 5.74) is 6.83. The lowest BCUT2D eigenvalue weighted by molar-refractivity contribution is -0.117. The second kappa shape index (κ2) is 12.0. The van der Waals surface area contributed by atoms with Crippen molar-refractivity contribution in [2.75, 3.05) is 44.9 Å². The molecule has 3 aromatic rings. The summed E-state index contributed by atoms with van der Waals surface area (Å²) in [5, 5.41) is 17.2. The van der Waals surface area contributed by atoms with E-state index in [-0.39, 0.29) is 34.9 Å². The lowest BCUT2D eigenvalue weighted by Crippen LogP contribution is -2.26. The molecule has 0 spiro atoms. The third-order valence-electron chi connectivity index (χ3n) is 5.74. The number of para-hydroxylation sites is 1. The molecule has 0 radical (unpaired) electrons. The molecule has 4 rings (SSSR count). The van der Waals surface area contributed by atoms with E-state index in [1.54, 1.807) is 12.1 Å². The Kier molecular flexibility index (Phi) is 8.48. The van der Waals surface area contributed by atoms with Crippen LogP contribution in [0.3, 0.4) is 0 Å². The first-order valence-corrected chi connectivity index (χ1v) is 12.9. The van der Waals surface area contributed by atoms with Gasteiger partial charge in [0, 0.05) is 18.5 Å². The highest BCUT2D eigenvalue weighted by atomic mass is 32.1. The van der Waals surface area contributed by atoms with E-state index in [2.05, 4.69) is 36.0 Å². The number of hydrogen-bond donors (Lipinski definition) is 4. The van der Waals surface area contributed by atoms with Crippen LogP contribution < -0.4 is 26.4 Å². The summed E-state index contributed by atoms with van der Waals surface area (Å²) >= 11 is 1.24. The maximum absolute atomic E-state index is 12.6. The Balaban J connectivity index is 1.56. The molecule has 1 fully saturated rings. The van der Waals surface area contributed by atoms with Crippen molar-refractivity contribution in [1.29, 1.82) is 0 Å². The van der Waals surface area contributed by atoms with Gasteiger partial charge in [-0.1, -0.05) is 6.07 Å². The van der Waals surface area contributed by atoms with Gasteiger partial charge < -0.3 is 31.3 Å². The van der Waals surface area contributed by atoms with E-state index in [0.717, 1.165) is 25.8 Å². The zero-order chi connectivity index (χ0) is 27.2. The summed E-state index contributed by atoms with van der Waals surface area (Å²) in [4.78, 5) is 43.7. The largest absolute Gasteiger partial charge is 0.494 e. The number of carbonyl (C=O) groups is 3. The van der Waals surface area contributed by atoms with Crippen molar-refractivity contribution in [3.05, 3.63) is 41.0 Å². The summed E-state index contributed by atoms with van der Waals surface area (Å²) in [7, 11) is 5.48. The molecule has 0 aliphatic heterocycles. The minimum atomic E-state index is -0.781. The smallest absolute Gasteiger partial charge is 0.271 e. The molecule has 1 aliphatic rings. The molecule has 3 amide bonds. The number of nitrogens with two attached hydrogens (primary N) is 1. The molecule has 0 saturated heterocycles. The molecule has 13 heteroatoms. The number of carbonyl (C=O) groups excluding carboxylic acids is 3. The van der Waals surface area contributed by atoms with E-state index in [9.17, 15) is 14.4 Å². The second-order valence-electron chi connectivity index (χ2n) is 9.07. The van der Waals surface area contributed by atoms with Gasteiger partial charge in [-0.25, -0.2) is 4.98 Å². The molecule has 0 atom stereocenters. The van der Waals surface area contributed by atoms with Crippen LogP contribution in [0.5, 0.6) is 5.75 Å². The van der Waals surface area contributed by atoms with Crippen LogP contribution in [0.1, 0.15) is 39.4 Å². The average molecular weight is 539 g/mol. The van der Waals surface area contributed by atoms with Crippen molar-refractivity contribution < 1.29 is 19.1 Å². The van der Waals surface area contributed by atoms with Crippen LogP contribution in [-0.4, -0.2) is 72.1 Å². The number of anilines is 3. The first kappa shape index (κ1) is 26.9. The summed E-state index contributed by atoms with van der Waals surface area (Å²) in [6, 6.07) is 6.86. The van der Waals surface area contributed by atoms with E-state index in [1.165, 1.54) is 30.7 Å². The van der Waals surface area contributed by atoms with E-state index in [1.807, 2.05) is 20.2 Å². The predicted octanol–water partition coefficient (Wildman–Crippen LogP) is 2.48. The van der Waals surface area contributed by atoms with E-state index in [0.29, 0.717) is 33.4 Å². The Hall–Kier alpha value is -4.10. The first-order valence-electron chi connectivity index (χ1n) is 12.1. The minimum Gasteiger partial charge on any atom is -0.494 e. The topological polar surface area (TPSA) is 164 Å². The van der Waals surface area contributed by atoms with Crippen LogP contribution in [0.2, 0.25) is 0 Å². The van der Waals surface area contributed by atoms with Crippen LogP contribution in [-0.2, 0) is 4.79 Å². The highest BCUT2D eigenvalue weighted by Crippen LogP contribution is 2.40. The predicted molar refractivity (Wildman–Crippen MR) is 145 cm³/mol. The monoisotopic (exact) mass is 538 g/mol. The summed E-state index contributed by atoms with van der Waals surface area (Å²) in [5.74, 6) is -0.491. The molecule has 1 aliphatic carbocycles. The van der Waals surface area contributed by atoms with Crippen molar-refractivity contribution in [2.24, 2.45) is 11.7 Å². The molecule has 5 N–H and O–H groups in total. The van der Waals surface area contributed by atoms with Crippen LogP contribution in [0.15, 0.2) is 30.5 Å². The number of rotatable bonds is 12. The van der Waals surface area contributed by atoms with E-state index in [4.69, 9.17) is 10.5 Å². The number of hydrogen-bond acceptors (Lipinski definition) is 10. The Bertz CT molecular complexity index is 1340. The van der Waals surface area contributed by atoms with E-state index >= 15 is 0 Å². The number of methoxy groups -OCH3 is 1. The number of amides is 3. The van der Waals surface area contributed by atoms with Gasteiger partial charge in [-0.2, -0.15) is 0 Å². The molecule has 38 heavy (non-hydrogen) atoms. The molecular formula is C25H30N8O4S. The fraction of sp³-hybridized carbons (Fsp3) is 0.360.